The zero-order chi connectivity index (χ0) is 23.6. The molecule has 0 aliphatic heterocycles. The largest absolute Gasteiger partial charge is 0.465 e. The van der Waals surface area contributed by atoms with Crippen LogP contribution in [0.4, 0.5) is 0 Å². The first-order valence-corrected chi connectivity index (χ1v) is 11.4. The first-order chi connectivity index (χ1) is 15.7. The van der Waals surface area contributed by atoms with E-state index < -0.39 is 5.41 Å². The molecule has 4 nitrogen and oxygen atoms in total. The molecule has 0 atom stereocenters. The number of hydrogen-bond acceptors (Lipinski definition) is 4. The van der Waals surface area contributed by atoms with E-state index in [0.717, 1.165) is 44.5 Å². The molecule has 33 heavy (non-hydrogen) atoms. The van der Waals surface area contributed by atoms with Crippen LogP contribution in [0.25, 0.3) is 33.4 Å². The smallest absolute Gasteiger partial charge is 0.311 e. The van der Waals surface area contributed by atoms with Crippen LogP contribution in [-0.2, 0) is 16.0 Å². The molecule has 0 aliphatic rings. The maximum atomic E-state index is 12.3. The monoisotopic (exact) mass is 458 g/mol. The number of benzene rings is 2. The molecular formula is C28H27ClN2O2. The molecule has 0 fully saturated rings. The Hall–Kier alpha value is -3.24. The normalized spacial score (nSPS) is 11.5. The van der Waals surface area contributed by atoms with E-state index in [1.54, 1.807) is 6.20 Å². The highest BCUT2D eigenvalue weighted by Crippen LogP contribution is 2.36. The van der Waals surface area contributed by atoms with Crippen molar-refractivity contribution in [3.63, 3.8) is 0 Å². The maximum Gasteiger partial charge on any atom is 0.311 e. The lowest BCUT2D eigenvalue weighted by atomic mass is 9.90. The lowest BCUT2D eigenvalue weighted by Crippen LogP contribution is -2.24. The van der Waals surface area contributed by atoms with Crippen LogP contribution >= 0.6 is 11.6 Å². The van der Waals surface area contributed by atoms with E-state index in [2.05, 4.69) is 24.0 Å². The highest BCUT2D eigenvalue weighted by atomic mass is 35.5. The van der Waals surface area contributed by atoms with Gasteiger partial charge in [-0.05, 0) is 92.4 Å². The Balaban J connectivity index is 1.80. The first kappa shape index (κ1) is 22.9. The zero-order valence-corrected chi connectivity index (χ0v) is 20.1. The minimum atomic E-state index is -0.525. The third kappa shape index (κ3) is 5.07. The van der Waals surface area contributed by atoms with Gasteiger partial charge in [-0.25, -0.2) is 4.98 Å². The molecule has 4 rings (SSSR count). The number of carbonyl (C=O) groups is 1. The van der Waals surface area contributed by atoms with Gasteiger partial charge in [0.05, 0.1) is 28.9 Å². The molecular weight excluding hydrogens is 432 g/mol. The zero-order valence-electron chi connectivity index (χ0n) is 19.4. The number of pyridine rings is 2. The van der Waals surface area contributed by atoms with Crippen molar-refractivity contribution in [3.8, 4) is 22.5 Å². The van der Waals surface area contributed by atoms with Gasteiger partial charge in [0, 0.05) is 23.0 Å². The third-order valence-corrected chi connectivity index (χ3v) is 5.83. The lowest BCUT2D eigenvalue weighted by molar-refractivity contribution is -0.152. The quantitative estimate of drug-likeness (QED) is 0.300. The molecule has 0 unspecified atom stereocenters. The van der Waals surface area contributed by atoms with Crippen LogP contribution in [0.15, 0.2) is 66.9 Å². The van der Waals surface area contributed by atoms with Crippen molar-refractivity contribution in [3.05, 3.63) is 83.0 Å². The van der Waals surface area contributed by atoms with E-state index in [1.165, 1.54) is 0 Å². The van der Waals surface area contributed by atoms with Crippen LogP contribution in [0.1, 0.15) is 31.9 Å². The minimum absolute atomic E-state index is 0.198. The number of halogens is 1. The topological polar surface area (TPSA) is 52.1 Å². The van der Waals surface area contributed by atoms with E-state index in [9.17, 15) is 4.79 Å². The van der Waals surface area contributed by atoms with Crippen molar-refractivity contribution in [2.75, 3.05) is 6.61 Å². The van der Waals surface area contributed by atoms with E-state index >= 15 is 0 Å². The average molecular weight is 459 g/mol. The molecule has 0 N–H and O–H groups in total. The van der Waals surface area contributed by atoms with Gasteiger partial charge in [-0.1, -0.05) is 29.8 Å². The van der Waals surface area contributed by atoms with Crippen molar-refractivity contribution in [2.24, 2.45) is 5.41 Å². The number of aromatic nitrogens is 2. The SMILES string of the molecule is Cc1cc2nc(-c3ccccn3)ccc2c(-c2ccc(Cl)cc2)c1CCOC(=O)C(C)(C)C. The summed E-state index contributed by atoms with van der Waals surface area (Å²) in [5.41, 5.74) is 6.43. The van der Waals surface area contributed by atoms with E-state index in [-0.39, 0.29) is 5.97 Å². The molecule has 0 bridgehead atoms. The Morgan fingerprint density at radius 1 is 1.00 bits per heavy atom. The summed E-state index contributed by atoms with van der Waals surface area (Å²) in [6.07, 6.45) is 2.39. The van der Waals surface area contributed by atoms with Gasteiger partial charge in [0.2, 0.25) is 0 Å². The van der Waals surface area contributed by atoms with Crippen LogP contribution in [-0.4, -0.2) is 22.5 Å². The van der Waals surface area contributed by atoms with Gasteiger partial charge in [0.25, 0.3) is 0 Å². The Bertz CT molecular complexity index is 1290. The van der Waals surface area contributed by atoms with Gasteiger partial charge < -0.3 is 4.74 Å². The molecule has 0 saturated heterocycles. The Labute approximate surface area is 199 Å². The highest BCUT2D eigenvalue weighted by molar-refractivity contribution is 6.30. The number of rotatable bonds is 5. The molecule has 0 spiro atoms. The second-order valence-corrected chi connectivity index (χ2v) is 9.60. The highest BCUT2D eigenvalue weighted by Gasteiger charge is 2.23. The van der Waals surface area contributed by atoms with Gasteiger partial charge in [-0.2, -0.15) is 0 Å². The number of carbonyl (C=O) groups excluding carboxylic acids is 1. The molecule has 0 radical (unpaired) electrons. The number of esters is 1. The number of hydrogen-bond donors (Lipinski definition) is 0. The number of ether oxygens (including phenoxy) is 1. The molecule has 0 amide bonds. The van der Waals surface area contributed by atoms with Gasteiger partial charge in [-0.15, -0.1) is 0 Å². The molecule has 5 heteroatoms. The lowest BCUT2D eigenvalue weighted by Gasteiger charge is -2.19. The molecule has 2 aromatic carbocycles. The van der Waals surface area contributed by atoms with E-state index in [0.29, 0.717) is 18.1 Å². The average Bonchev–Trinajstić information content (AvgIpc) is 2.79. The number of fused-ring (bicyclic) bond motifs is 1. The Kier molecular flexibility index (Phi) is 6.48. The summed E-state index contributed by atoms with van der Waals surface area (Å²) in [6.45, 7) is 7.99. The fraction of sp³-hybridized carbons (Fsp3) is 0.250. The maximum absolute atomic E-state index is 12.3. The van der Waals surface area contributed by atoms with Gasteiger partial charge in [0.1, 0.15) is 0 Å². The van der Waals surface area contributed by atoms with Gasteiger partial charge >= 0.3 is 5.97 Å². The first-order valence-electron chi connectivity index (χ1n) is 11.0. The summed E-state index contributed by atoms with van der Waals surface area (Å²) in [5.74, 6) is -0.198. The number of nitrogens with zero attached hydrogens (tertiary/aromatic N) is 2. The van der Waals surface area contributed by atoms with E-state index in [4.69, 9.17) is 21.3 Å². The van der Waals surface area contributed by atoms with Crippen molar-refractivity contribution >= 4 is 28.5 Å². The Morgan fingerprint density at radius 3 is 2.42 bits per heavy atom. The predicted octanol–water partition coefficient (Wildman–Crippen LogP) is 7.06. The van der Waals surface area contributed by atoms with E-state index in [1.807, 2.05) is 69.3 Å². The van der Waals surface area contributed by atoms with Gasteiger partial charge in [0.15, 0.2) is 0 Å². The van der Waals surface area contributed by atoms with Crippen molar-refractivity contribution < 1.29 is 9.53 Å². The van der Waals surface area contributed by atoms with Gasteiger partial charge in [-0.3, -0.25) is 9.78 Å². The second kappa shape index (κ2) is 9.32. The third-order valence-electron chi connectivity index (χ3n) is 5.58. The van der Waals surface area contributed by atoms with Crippen molar-refractivity contribution in [1.29, 1.82) is 0 Å². The van der Waals surface area contributed by atoms with Crippen LogP contribution in [0.3, 0.4) is 0 Å². The summed E-state index contributed by atoms with van der Waals surface area (Å²) in [4.78, 5) is 21.6. The fourth-order valence-electron chi connectivity index (χ4n) is 3.84. The van der Waals surface area contributed by atoms with Crippen LogP contribution in [0.5, 0.6) is 0 Å². The van der Waals surface area contributed by atoms with Crippen molar-refractivity contribution in [2.45, 2.75) is 34.1 Å². The Morgan fingerprint density at radius 2 is 1.76 bits per heavy atom. The molecule has 0 saturated carbocycles. The molecule has 0 aliphatic carbocycles. The molecule has 168 valence electrons. The molecule has 2 aromatic heterocycles. The molecule has 4 aromatic rings. The number of aryl methyl sites for hydroxylation is 1. The summed E-state index contributed by atoms with van der Waals surface area (Å²) < 4.78 is 5.58. The molecule has 2 heterocycles. The summed E-state index contributed by atoms with van der Waals surface area (Å²) in [5, 5.41) is 1.73. The van der Waals surface area contributed by atoms with Crippen LogP contribution in [0, 0.1) is 12.3 Å². The summed E-state index contributed by atoms with van der Waals surface area (Å²) in [7, 11) is 0. The van der Waals surface area contributed by atoms with Crippen LogP contribution in [0.2, 0.25) is 5.02 Å². The summed E-state index contributed by atoms with van der Waals surface area (Å²) >= 11 is 6.16. The van der Waals surface area contributed by atoms with Crippen LogP contribution < -0.4 is 0 Å². The van der Waals surface area contributed by atoms with Crippen molar-refractivity contribution in [1.82, 2.24) is 9.97 Å². The minimum Gasteiger partial charge on any atom is -0.465 e. The predicted molar refractivity (Wildman–Crippen MR) is 134 cm³/mol. The second-order valence-electron chi connectivity index (χ2n) is 9.17. The standard InChI is InChI=1S/C28H27ClN2O2/c1-18-17-25-22(12-13-24(31-25)23-7-5-6-15-30-23)26(19-8-10-20(29)11-9-19)21(18)14-16-33-27(32)28(2,3)4/h5-13,15,17H,14,16H2,1-4H3. The summed E-state index contributed by atoms with van der Waals surface area (Å²) in [6, 6.07) is 19.8. The fourth-order valence-corrected chi connectivity index (χ4v) is 3.96.